The summed E-state index contributed by atoms with van der Waals surface area (Å²) in [4.78, 5) is 16.5. The van der Waals surface area contributed by atoms with E-state index >= 15 is 0 Å². The monoisotopic (exact) mass is 423 g/mol. The van der Waals surface area contributed by atoms with Crippen LogP contribution in [0.2, 0.25) is 0 Å². The minimum absolute atomic E-state index is 0.169. The summed E-state index contributed by atoms with van der Waals surface area (Å²) in [6, 6.07) is 8.07. The summed E-state index contributed by atoms with van der Waals surface area (Å²) in [7, 11) is -8.49. The zero-order valence-electron chi connectivity index (χ0n) is 13.3. The fourth-order valence-corrected chi connectivity index (χ4v) is 3.73. The second kappa shape index (κ2) is 7.62. The van der Waals surface area contributed by atoms with E-state index in [1.54, 1.807) is 16.3 Å². The van der Waals surface area contributed by atoms with Gasteiger partial charge in [-0.05, 0) is 24.3 Å². The first-order valence-electron chi connectivity index (χ1n) is 7.03. The third kappa shape index (κ3) is 5.48. The maximum Gasteiger partial charge on any atom is 0.417 e. The van der Waals surface area contributed by atoms with Crippen molar-refractivity contribution in [3.05, 3.63) is 54.2 Å². The molecule has 1 heterocycles. The lowest BCUT2D eigenvalue weighted by atomic mass is 10.3. The fourth-order valence-electron chi connectivity index (χ4n) is 1.80. The molecular weight excluding hydrogens is 411 g/mol. The van der Waals surface area contributed by atoms with E-state index in [0.29, 0.717) is 18.3 Å². The average molecular weight is 423 g/mol. The molecule has 1 aromatic carbocycles. The molecule has 0 radical (unpaired) electrons. The van der Waals surface area contributed by atoms with Gasteiger partial charge in [-0.3, -0.25) is 10.2 Å². The summed E-state index contributed by atoms with van der Waals surface area (Å²) in [5, 5.41) is -0.753. The van der Waals surface area contributed by atoms with Crippen LogP contribution in [0.15, 0.2) is 58.6 Å². The number of rotatable bonds is 6. The average Bonchev–Trinajstić information content (AvgIpc) is 2.60. The van der Waals surface area contributed by atoms with Crippen LogP contribution in [0.25, 0.3) is 0 Å². The van der Waals surface area contributed by atoms with Gasteiger partial charge in [-0.1, -0.05) is 18.2 Å². The number of hydrogen-bond acceptors (Lipinski definition) is 6. The van der Waals surface area contributed by atoms with Crippen LogP contribution in [0, 0.1) is 0 Å². The quantitative estimate of drug-likeness (QED) is 0.666. The van der Waals surface area contributed by atoms with Crippen molar-refractivity contribution in [1.82, 2.24) is 15.2 Å². The predicted octanol–water partition coefficient (Wildman–Crippen LogP) is 0.884. The van der Waals surface area contributed by atoms with Crippen LogP contribution in [-0.2, 0) is 30.8 Å². The van der Waals surface area contributed by atoms with Crippen molar-refractivity contribution in [1.29, 1.82) is 0 Å². The van der Waals surface area contributed by atoms with Crippen LogP contribution < -0.4 is 10.3 Å². The molecule has 0 bridgehead atoms. The highest BCUT2D eigenvalue weighted by molar-refractivity contribution is 7.92. The Labute approximate surface area is 152 Å². The molecule has 0 saturated heterocycles. The Balaban J connectivity index is 2.04. The van der Waals surface area contributed by atoms with Crippen molar-refractivity contribution in [2.45, 2.75) is 16.1 Å². The molecular formula is C14H12F3N3O5S2. The largest absolute Gasteiger partial charge is 0.417 e. The smallest absolute Gasteiger partial charge is 0.277 e. The summed E-state index contributed by atoms with van der Waals surface area (Å²) >= 11 is 0. The molecule has 2 aromatic rings. The molecule has 0 unspecified atom stereocenters. The first-order chi connectivity index (χ1) is 12.4. The van der Waals surface area contributed by atoms with E-state index in [1.165, 1.54) is 24.3 Å². The first-order valence-corrected chi connectivity index (χ1v) is 10.2. The number of alkyl halides is 3. The number of sulfone groups is 1. The Kier molecular flexibility index (Phi) is 5.87. The molecule has 1 aromatic heterocycles. The number of aromatic nitrogens is 1. The van der Waals surface area contributed by atoms with Gasteiger partial charge in [-0.25, -0.2) is 21.8 Å². The Morgan fingerprint density at radius 3 is 2.15 bits per heavy atom. The molecule has 27 heavy (non-hydrogen) atoms. The highest BCUT2D eigenvalue weighted by atomic mass is 32.2. The van der Waals surface area contributed by atoms with Gasteiger partial charge in [0.05, 0.1) is 10.5 Å². The zero-order chi connectivity index (χ0) is 20.3. The van der Waals surface area contributed by atoms with Crippen molar-refractivity contribution in [3.63, 3.8) is 0 Å². The van der Waals surface area contributed by atoms with Crippen molar-refractivity contribution in [2.24, 2.45) is 0 Å². The van der Waals surface area contributed by atoms with E-state index in [1.807, 2.05) is 0 Å². The molecule has 13 heteroatoms. The van der Waals surface area contributed by atoms with E-state index in [0.717, 1.165) is 0 Å². The number of hydrogen-bond donors (Lipinski definition) is 2. The lowest BCUT2D eigenvalue weighted by Crippen LogP contribution is -2.44. The van der Waals surface area contributed by atoms with Gasteiger partial charge >= 0.3 is 6.18 Å². The maximum absolute atomic E-state index is 12.5. The van der Waals surface area contributed by atoms with Crippen molar-refractivity contribution >= 4 is 25.8 Å². The third-order valence-corrected chi connectivity index (χ3v) is 5.87. The molecule has 0 saturated carbocycles. The van der Waals surface area contributed by atoms with Crippen LogP contribution >= 0.6 is 0 Å². The second-order valence-electron chi connectivity index (χ2n) is 5.11. The molecule has 2 rings (SSSR count). The minimum Gasteiger partial charge on any atom is -0.277 e. The number of halogens is 3. The van der Waals surface area contributed by atoms with E-state index in [9.17, 15) is 34.8 Å². The molecule has 0 atom stereocenters. The number of sulfonamides is 1. The number of nitrogens with zero attached hydrogens (tertiary/aromatic N) is 1. The third-order valence-electron chi connectivity index (χ3n) is 3.08. The van der Waals surface area contributed by atoms with E-state index in [-0.39, 0.29) is 4.90 Å². The highest BCUT2D eigenvalue weighted by Crippen LogP contribution is 2.28. The van der Waals surface area contributed by atoms with E-state index in [2.05, 4.69) is 4.98 Å². The molecule has 0 aliphatic carbocycles. The van der Waals surface area contributed by atoms with Gasteiger partial charge in [0.2, 0.25) is 9.84 Å². The topological polar surface area (TPSA) is 122 Å². The second-order valence-corrected chi connectivity index (χ2v) is 8.73. The van der Waals surface area contributed by atoms with Gasteiger partial charge in [0.1, 0.15) is 5.75 Å². The molecule has 146 valence electrons. The number of pyridine rings is 1. The molecule has 0 spiro atoms. The van der Waals surface area contributed by atoms with E-state index < -0.39 is 48.3 Å². The normalized spacial score (nSPS) is 12.6. The first kappa shape index (κ1) is 20.8. The number of carbonyl (C=O) groups is 1. The summed E-state index contributed by atoms with van der Waals surface area (Å²) in [5.74, 6) is -2.46. The molecule has 0 fully saturated rings. The maximum atomic E-state index is 12.5. The van der Waals surface area contributed by atoms with Crippen molar-refractivity contribution in [3.8, 4) is 0 Å². The lowest BCUT2D eigenvalue weighted by molar-refractivity contribution is -0.137. The summed E-state index contributed by atoms with van der Waals surface area (Å²) < 4.78 is 85.2. The zero-order valence-corrected chi connectivity index (χ0v) is 14.9. The Morgan fingerprint density at radius 1 is 1.00 bits per heavy atom. The van der Waals surface area contributed by atoms with Crippen LogP contribution in [0.4, 0.5) is 13.2 Å². The number of carbonyl (C=O) groups excluding carboxylic acids is 1. The predicted molar refractivity (Wildman–Crippen MR) is 86.2 cm³/mol. The van der Waals surface area contributed by atoms with Gasteiger partial charge in [0.25, 0.3) is 15.9 Å². The minimum atomic E-state index is -4.69. The van der Waals surface area contributed by atoms with Crippen molar-refractivity contribution < 1.29 is 34.8 Å². The summed E-state index contributed by atoms with van der Waals surface area (Å²) in [5.41, 5.74) is 0.568. The van der Waals surface area contributed by atoms with Gasteiger partial charge in [0, 0.05) is 6.20 Å². The number of benzene rings is 1. The molecule has 2 N–H and O–H groups in total. The number of nitrogens with one attached hydrogen (secondary N) is 2. The van der Waals surface area contributed by atoms with Crippen molar-refractivity contribution in [2.75, 3.05) is 5.75 Å². The highest BCUT2D eigenvalue weighted by Gasteiger charge is 2.31. The van der Waals surface area contributed by atoms with Gasteiger partial charge in [-0.15, -0.1) is 4.83 Å². The Morgan fingerprint density at radius 2 is 1.63 bits per heavy atom. The molecule has 0 aliphatic heterocycles. The van der Waals surface area contributed by atoms with Crippen LogP contribution in [0.1, 0.15) is 5.56 Å². The summed E-state index contributed by atoms with van der Waals surface area (Å²) in [6.45, 7) is 0. The fraction of sp³-hybridized carbons (Fsp3) is 0.143. The molecule has 8 nitrogen and oxygen atoms in total. The number of amides is 1. The molecule has 0 aliphatic rings. The van der Waals surface area contributed by atoms with Gasteiger partial charge in [0.15, 0.2) is 5.03 Å². The van der Waals surface area contributed by atoms with E-state index in [4.69, 9.17) is 0 Å². The Hall–Kier alpha value is -2.51. The van der Waals surface area contributed by atoms with Crippen LogP contribution in [0.3, 0.4) is 0 Å². The standard InChI is InChI=1S/C14H12F3N3O5S2/c15-14(16,17)10-6-7-13(18-8-10)26(22,23)9-12(21)19-20-27(24,25)11-4-2-1-3-5-11/h1-8,20H,9H2,(H,19,21). The Bertz CT molecular complexity index is 1020. The SMILES string of the molecule is O=C(CS(=O)(=O)c1ccc(C(F)(F)F)cn1)NNS(=O)(=O)c1ccccc1. The van der Waals surface area contributed by atoms with Crippen LogP contribution in [0.5, 0.6) is 0 Å². The van der Waals surface area contributed by atoms with Gasteiger partial charge in [-0.2, -0.15) is 13.2 Å². The van der Waals surface area contributed by atoms with Crippen LogP contribution in [-0.4, -0.2) is 33.5 Å². The van der Waals surface area contributed by atoms with Gasteiger partial charge < -0.3 is 0 Å². The summed E-state index contributed by atoms with van der Waals surface area (Å²) in [6.07, 6.45) is -4.37. The lowest BCUT2D eigenvalue weighted by Gasteiger charge is -2.09. The number of hydrazine groups is 1. The molecule has 1 amide bonds.